The van der Waals surface area contributed by atoms with E-state index in [-0.39, 0.29) is 10.8 Å². The van der Waals surface area contributed by atoms with Crippen LogP contribution in [0.3, 0.4) is 0 Å². The molecule has 0 aliphatic rings. The second-order valence-electron chi connectivity index (χ2n) is 4.02. The number of nitrogens with zero attached hydrogens (tertiary/aromatic N) is 2. The summed E-state index contributed by atoms with van der Waals surface area (Å²) in [6.45, 7) is 1.37. The molecule has 0 spiro atoms. The van der Waals surface area contributed by atoms with Gasteiger partial charge in [-0.2, -0.15) is 0 Å². The van der Waals surface area contributed by atoms with Gasteiger partial charge in [-0.15, -0.1) is 21.5 Å². The quantitative estimate of drug-likeness (QED) is 0.691. The van der Waals surface area contributed by atoms with Crippen molar-refractivity contribution in [2.24, 2.45) is 0 Å². The number of anilines is 1. The van der Waals surface area contributed by atoms with Gasteiger partial charge in [0.25, 0.3) is 10.0 Å². The van der Waals surface area contributed by atoms with Crippen LogP contribution in [0.1, 0.15) is 18.0 Å². The number of carbonyl (C=O) groups excluding carboxylic acids is 1. The molecular weight excluding hydrogens is 334 g/mol. The van der Waals surface area contributed by atoms with E-state index in [0.717, 1.165) is 22.7 Å². The van der Waals surface area contributed by atoms with Crippen LogP contribution in [-0.2, 0) is 14.8 Å². The Morgan fingerprint density at radius 2 is 2.24 bits per heavy atom. The van der Waals surface area contributed by atoms with E-state index in [2.05, 4.69) is 20.2 Å². The maximum Gasteiger partial charge on any atom is 0.250 e. The van der Waals surface area contributed by atoms with Crippen LogP contribution in [0.15, 0.2) is 21.7 Å². The third kappa shape index (κ3) is 4.20. The zero-order chi connectivity index (χ0) is 15.5. The number of amides is 1. The van der Waals surface area contributed by atoms with E-state index in [4.69, 9.17) is 5.73 Å². The van der Waals surface area contributed by atoms with E-state index in [0.29, 0.717) is 10.1 Å². The topological polar surface area (TPSA) is 127 Å². The lowest BCUT2D eigenvalue weighted by Gasteiger charge is -2.11. The molecule has 0 aliphatic carbocycles. The molecule has 0 saturated carbocycles. The average Bonchev–Trinajstić information content (AvgIpc) is 3.07. The maximum absolute atomic E-state index is 11.8. The molecule has 4 N–H and O–H groups in total. The summed E-state index contributed by atoms with van der Waals surface area (Å²) in [4.78, 5) is 11.7. The van der Waals surface area contributed by atoms with Crippen LogP contribution in [0, 0.1) is 0 Å². The molecule has 0 radical (unpaired) electrons. The van der Waals surface area contributed by atoms with E-state index in [1.165, 1.54) is 6.07 Å². The Morgan fingerprint density at radius 3 is 2.81 bits per heavy atom. The smallest absolute Gasteiger partial charge is 0.250 e. The number of thiophene rings is 1. The van der Waals surface area contributed by atoms with E-state index < -0.39 is 22.0 Å². The number of carbonyl (C=O) groups is 1. The number of rotatable bonds is 6. The molecule has 2 aromatic heterocycles. The van der Waals surface area contributed by atoms with Gasteiger partial charge >= 0.3 is 0 Å². The SMILES string of the molecule is C[C@@H](NC(=O)CNS(=O)(=O)c1cccs1)c1nnc(N)s1. The Bertz CT molecular complexity index is 710. The van der Waals surface area contributed by atoms with E-state index >= 15 is 0 Å². The minimum absolute atomic E-state index is 0.167. The minimum Gasteiger partial charge on any atom is -0.374 e. The van der Waals surface area contributed by atoms with Crippen LogP contribution in [0.4, 0.5) is 5.13 Å². The van der Waals surface area contributed by atoms with Gasteiger partial charge in [0.1, 0.15) is 9.22 Å². The summed E-state index contributed by atoms with van der Waals surface area (Å²) in [7, 11) is -3.65. The average molecular weight is 347 g/mol. The second kappa shape index (κ2) is 6.47. The molecular formula is C10H13N5O3S3. The Balaban J connectivity index is 1.88. The molecule has 2 heterocycles. The first kappa shape index (κ1) is 15.8. The van der Waals surface area contributed by atoms with Crippen molar-refractivity contribution in [3.05, 3.63) is 22.5 Å². The number of sulfonamides is 1. The molecule has 21 heavy (non-hydrogen) atoms. The normalized spacial score (nSPS) is 13.0. The molecule has 11 heteroatoms. The third-order valence-electron chi connectivity index (χ3n) is 2.39. The summed E-state index contributed by atoms with van der Waals surface area (Å²) in [5.74, 6) is -0.462. The first-order chi connectivity index (χ1) is 9.88. The summed E-state index contributed by atoms with van der Waals surface area (Å²) in [5.41, 5.74) is 5.46. The Morgan fingerprint density at radius 1 is 1.48 bits per heavy atom. The zero-order valence-corrected chi connectivity index (χ0v) is 13.4. The highest BCUT2D eigenvalue weighted by molar-refractivity contribution is 7.91. The van der Waals surface area contributed by atoms with Crippen molar-refractivity contribution in [3.8, 4) is 0 Å². The lowest BCUT2D eigenvalue weighted by molar-refractivity contribution is -0.120. The number of hydrogen-bond donors (Lipinski definition) is 3. The molecule has 0 unspecified atom stereocenters. The van der Waals surface area contributed by atoms with Crippen LogP contribution >= 0.6 is 22.7 Å². The molecule has 1 atom stereocenters. The van der Waals surface area contributed by atoms with Gasteiger partial charge in [-0.3, -0.25) is 4.79 Å². The second-order valence-corrected chi connectivity index (χ2v) is 8.01. The summed E-state index contributed by atoms with van der Waals surface area (Å²) in [6.07, 6.45) is 0. The van der Waals surface area contributed by atoms with Gasteiger partial charge in [0.2, 0.25) is 11.0 Å². The number of nitrogens with two attached hydrogens (primary N) is 1. The van der Waals surface area contributed by atoms with Crippen molar-refractivity contribution in [1.82, 2.24) is 20.2 Å². The van der Waals surface area contributed by atoms with Crippen molar-refractivity contribution < 1.29 is 13.2 Å². The first-order valence-electron chi connectivity index (χ1n) is 5.80. The summed E-state index contributed by atoms with van der Waals surface area (Å²) in [6, 6.07) is 2.71. The first-order valence-corrected chi connectivity index (χ1v) is 8.98. The number of nitrogen functional groups attached to an aromatic ring is 1. The highest BCUT2D eigenvalue weighted by atomic mass is 32.2. The summed E-state index contributed by atoms with van der Waals surface area (Å²) >= 11 is 2.25. The molecule has 0 saturated heterocycles. The van der Waals surface area contributed by atoms with Gasteiger partial charge in [-0.1, -0.05) is 17.4 Å². The number of nitrogens with one attached hydrogen (secondary N) is 2. The van der Waals surface area contributed by atoms with Crippen molar-refractivity contribution in [3.63, 3.8) is 0 Å². The van der Waals surface area contributed by atoms with Crippen LogP contribution in [0.25, 0.3) is 0 Å². The lowest BCUT2D eigenvalue weighted by Crippen LogP contribution is -2.37. The van der Waals surface area contributed by atoms with Crippen LogP contribution in [0.2, 0.25) is 0 Å². The molecule has 0 fully saturated rings. The fraction of sp³-hybridized carbons (Fsp3) is 0.300. The number of aromatic nitrogens is 2. The van der Waals surface area contributed by atoms with Gasteiger partial charge in [0.05, 0.1) is 12.6 Å². The lowest BCUT2D eigenvalue weighted by atomic mass is 10.3. The Hall–Kier alpha value is -1.56. The van der Waals surface area contributed by atoms with Crippen LogP contribution in [-0.4, -0.2) is 31.1 Å². The largest absolute Gasteiger partial charge is 0.374 e. The molecule has 2 rings (SSSR count). The Labute approximate surface area is 129 Å². The van der Waals surface area contributed by atoms with Gasteiger partial charge in [-0.05, 0) is 18.4 Å². The molecule has 8 nitrogen and oxygen atoms in total. The fourth-order valence-corrected chi connectivity index (χ4v) is 4.06. The standard InChI is InChI=1S/C10H13N5O3S3/c1-6(9-14-15-10(11)20-9)13-7(16)5-12-21(17,18)8-3-2-4-19-8/h2-4,6,12H,5H2,1H3,(H2,11,15)(H,13,16)/t6-/m1/s1. The summed E-state index contributed by atoms with van der Waals surface area (Å²) in [5, 5.41) is 12.6. The summed E-state index contributed by atoms with van der Waals surface area (Å²) < 4.78 is 26.1. The van der Waals surface area contributed by atoms with Gasteiger partial charge in [-0.25, -0.2) is 13.1 Å². The molecule has 1 amide bonds. The van der Waals surface area contributed by atoms with E-state index in [9.17, 15) is 13.2 Å². The van der Waals surface area contributed by atoms with Crippen molar-refractivity contribution in [1.29, 1.82) is 0 Å². The molecule has 0 bridgehead atoms. The van der Waals surface area contributed by atoms with Crippen molar-refractivity contribution in [2.45, 2.75) is 17.2 Å². The monoisotopic (exact) mass is 347 g/mol. The number of hydrogen-bond acceptors (Lipinski definition) is 8. The predicted octanol–water partition coefficient (Wildman–Crippen LogP) is 0.337. The van der Waals surface area contributed by atoms with E-state index in [1.807, 2.05) is 0 Å². The van der Waals surface area contributed by atoms with Crippen molar-refractivity contribution >= 4 is 43.7 Å². The maximum atomic E-state index is 11.8. The predicted molar refractivity (Wildman–Crippen MR) is 80.4 cm³/mol. The van der Waals surface area contributed by atoms with Crippen molar-refractivity contribution in [2.75, 3.05) is 12.3 Å². The highest BCUT2D eigenvalue weighted by Gasteiger charge is 2.18. The third-order valence-corrected chi connectivity index (χ3v) is 6.12. The molecule has 0 aliphatic heterocycles. The molecule has 114 valence electrons. The fourth-order valence-electron chi connectivity index (χ4n) is 1.42. The van der Waals surface area contributed by atoms with Crippen LogP contribution < -0.4 is 15.8 Å². The van der Waals surface area contributed by atoms with Gasteiger partial charge in [0, 0.05) is 0 Å². The Kier molecular flexibility index (Phi) is 4.88. The zero-order valence-electron chi connectivity index (χ0n) is 10.9. The van der Waals surface area contributed by atoms with Crippen LogP contribution in [0.5, 0.6) is 0 Å². The van der Waals surface area contributed by atoms with Gasteiger partial charge < -0.3 is 11.1 Å². The molecule has 2 aromatic rings. The minimum atomic E-state index is -3.65. The molecule has 0 aromatic carbocycles. The van der Waals surface area contributed by atoms with E-state index in [1.54, 1.807) is 18.4 Å². The van der Waals surface area contributed by atoms with Gasteiger partial charge in [0.15, 0.2) is 0 Å². The highest BCUT2D eigenvalue weighted by Crippen LogP contribution is 2.18.